The third-order valence-electron chi connectivity index (χ3n) is 35.2. The van der Waals surface area contributed by atoms with Gasteiger partial charge in [-0.05, 0) is 376 Å². The van der Waals surface area contributed by atoms with Gasteiger partial charge >= 0.3 is 29.6 Å². The van der Waals surface area contributed by atoms with Gasteiger partial charge in [0.05, 0.1) is 29.0 Å². The van der Waals surface area contributed by atoms with Crippen molar-refractivity contribution < 1.29 is 61.3 Å². The average Bonchev–Trinajstić information content (AvgIpc) is 1.00. The van der Waals surface area contributed by atoms with E-state index in [0.717, 1.165) is 153 Å². The molecule has 5 N–H and O–H groups in total. The molecule has 15 rings (SSSR count). The summed E-state index contributed by atoms with van der Waals surface area (Å²) in [7, 11) is 0. The molecular weight excluding hydrogens is 1100 g/mol. The van der Waals surface area contributed by atoms with Crippen LogP contribution in [-0.4, -0.2) is 68.7 Å². The van der Waals surface area contributed by atoms with Crippen molar-refractivity contribution >= 4 is 14.2 Å². The van der Waals surface area contributed by atoms with Gasteiger partial charge in [-0.25, -0.2) is 0 Å². The predicted molar refractivity (Wildman–Crippen MR) is 361 cm³/mol. The third-order valence-corrected chi connectivity index (χ3v) is 35.2. The van der Waals surface area contributed by atoms with E-state index >= 15 is 0 Å². The molecule has 89 heavy (non-hydrogen) atoms. The van der Waals surface area contributed by atoms with E-state index in [1.165, 1.54) is 161 Å². The Labute approximate surface area is 571 Å². The van der Waals surface area contributed by atoms with Gasteiger partial charge in [0.2, 0.25) is 0 Å². The van der Waals surface area contributed by atoms with Crippen LogP contribution in [0.25, 0.3) is 0 Å². The molecule has 0 bridgehead atoms. The Bertz CT molecular complexity index is 2360. The summed E-state index contributed by atoms with van der Waals surface area (Å²) < 4.78 is 0. The first-order valence-electron chi connectivity index (χ1n) is 39.2. The van der Waals surface area contributed by atoms with Gasteiger partial charge in [0.15, 0.2) is 0 Å². The topological polar surface area (TPSA) is 118 Å². The fraction of sp³-hybridized carbons (Fsp3) is 0.988. The molecule has 0 aromatic carbocycles. The summed E-state index contributed by atoms with van der Waals surface area (Å²) in [6.45, 7) is 29.2. The van der Waals surface area contributed by atoms with E-state index in [-0.39, 0.29) is 68.7 Å². The smallest absolute Gasteiger partial charge is 1.00 e. The quantitative estimate of drug-likeness (QED) is 0.124. The van der Waals surface area contributed by atoms with E-state index in [2.05, 4.69) is 83.1 Å². The molecule has 501 valence electrons. The molecule has 0 heterocycles. The molecule has 15 aliphatic carbocycles. The van der Waals surface area contributed by atoms with Crippen molar-refractivity contribution in [3.05, 3.63) is 0 Å². The van der Waals surface area contributed by atoms with Crippen molar-refractivity contribution in [2.75, 3.05) is 0 Å². The molecule has 6 nitrogen and oxygen atoms in total. The molecule has 15 aliphatic rings. The summed E-state index contributed by atoms with van der Waals surface area (Å²) in [5.74, 6) is 15.6. The maximum absolute atomic E-state index is 12.9. The minimum absolute atomic E-state index is 0. The summed E-state index contributed by atoms with van der Waals surface area (Å²) in [4.78, 5) is 12.9. The normalized spacial score (nSPS) is 52.6. The van der Waals surface area contributed by atoms with E-state index < -0.39 is 5.60 Å². The van der Waals surface area contributed by atoms with E-state index in [1.54, 1.807) is 0 Å². The van der Waals surface area contributed by atoms with Crippen molar-refractivity contribution in [3.63, 3.8) is 0 Å². The van der Waals surface area contributed by atoms with Gasteiger partial charge in [0, 0.05) is 20.2 Å². The first-order valence-corrected chi connectivity index (χ1v) is 39.2. The number of hydrogen-bond acceptors (Lipinski definition) is 6. The first-order chi connectivity index (χ1) is 41.2. The van der Waals surface area contributed by atoms with Gasteiger partial charge in [0.25, 0.3) is 0 Å². The first kappa shape index (κ1) is 70.8. The summed E-state index contributed by atoms with van der Waals surface area (Å²) >= 11 is 0. The van der Waals surface area contributed by atoms with Gasteiger partial charge in [-0.15, -0.1) is 0 Å². The largest absolute Gasteiger partial charge is 1.00 e. The van der Waals surface area contributed by atoms with Crippen LogP contribution in [0.2, 0.25) is 0 Å². The number of aliphatic hydroxyl groups is 5. The number of rotatable bonds is 12. The van der Waals surface area contributed by atoms with Crippen molar-refractivity contribution in [2.45, 2.75) is 343 Å². The van der Waals surface area contributed by atoms with Gasteiger partial charge in [0.1, 0.15) is 5.78 Å². The number of aliphatic hydroxyl groups excluding tert-OH is 2. The minimum Gasteiger partial charge on any atom is -1.00 e. The second kappa shape index (κ2) is 25.7. The van der Waals surface area contributed by atoms with Crippen molar-refractivity contribution in [3.8, 4) is 0 Å². The zero-order valence-electron chi connectivity index (χ0n) is 61.0. The minimum atomic E-state index is -0.392. The van der Waals surface area contributed by atoms with Gasteiger partial charge in [-0.2, -0.15) is 0 Å². The molecule has 29 atom stereocenters. The van der Waals surface area contributed by atoms with Crippen LogP contribution in [0.4, 0.5) is 0 Å². The second-order valence-electron chi connectivity index (χ2n) is 38.3. The van der Waals surface area contributed by atoms with Crippen LogP contribution < -0.4 is 29.6 Å². The Kier molecular flexibility index (Phi) is 20.4. The van der Waals surface area contributed by atoms with Crippen LogP contribution in [0.15, 0.2) is 0 Å². The zero-order valence-corrected chi connectivity index (χ0v) is 62.0. The average molecular weight is 1240 g/mol. The van der Waals surface area contributed by atoms with Gasteiger partial charge < -0.3 is 27.0 Å². The molecule has 15 fully saturated rings. The summed E-state index contributed by atoms with van der Waals surface area (Å²) in [6.07, 6.45) is 44.6. The fourth-order valence-electron chi connectivity index (χ4n) is 28.7. The molecule has 0 spiro atoms. The standard InChI is InChI=1S/2C27H46O2.C27H44O2.B.Na.H/c3*1-5-27(29)15-14-25(3)19(16-27)8-9-20-22-11-10-21(17(2)24(28)18-6-7-18)26(22,4)13-12-23(20)25;;;/h2*17-24,28-29H,5-16H2,1-4H3;17-23,29H,5-16H2,1-4H3;;;/q;;;;+1;-1/t17-,19-,20-,21+,22-,23-,24+,25-,26+,27-;17-,19-,20-,21+,22-,23-,24-,25-,26+,27-;17-,19-,20-,21+,22-,23-,25-,26+,27-;;;/m000.../s1. The van der Waals surface area contributed by atoms with Crippen LogP contribution >= 0.6 is 0 Å². The van der Waals surface area contributed by atoms with Crippen molar-refractivity contribution in [1.82, 2.24) is 0 Å². The number of hydrogen-bond donors (Lipinski definition) is 5. The van der Waals surface area contributed by atoms with Crippen LogP contribution in [0.5, 0.6) is 0 Å². The molecule has 15 saturated carbocycles. The number of fused-ring (bicyclic) bond motifs is 15. The van der Waals surface area contributed by atoms with Crippen LogP contribution in [0.3, 0.4) is 0 Å². The maximum Gasteiger partial charge on any atom is 1.00 e. The molecule has 0 unspecified atom stereocenters. The van der Waals surface area contributed by atoms with Crippen LogP contribution in [0, 0.1) is 157 Å². The molecule has 8 heteroatoms. The van der Waals surface area contributed by atoms with E-state index in [1.807, 2.05) is 0 Å². The summed E-state index contributed by atoms with van der Waals surface area (Å²) in [6, 6.07) is 0. The van der Waals surface area contributed by atoms with E-state index in [0.29, 0.717) is 73.8 Å². The molecular formula is C81H137BNaO6. The molecule has 0 aliphatic heterocycles. The van der Waals surface area contributed by atoms with Crippen molar-refractivity contribution in [2.24, 2.45) is 157 Å². The SMILES string of the molecule is CC[C@]1(O)CC[C@@]2(C)[C@@H](CC[C@@H]3[C@@H]2CC[C@]2(C)[C@@H]([C@H](C)C(=O)C4CC4)CC[C@@H]32)C1.CC[C@]1(O)CC[C@@]2(C)[C@@H](CC[C@@H]3[C@@H]2CC[C@]2(C)[C@@H]([C@H](C)[C@@H](O)C4CC4)CC[C@@H]32)C1.CC[C@]1(O)CC[C@@]2(C)[C@@H](CC[C@@H]3[C@@H]2CC[C@]2(C)[C@@H]([C@H](C)[C@H](O)C4CC4)CC[C@@H]32)C1.[B].[H-].[Na+]. The Morgan fingerprint density at radius 2 is 0.674 bits per heavy atom. The number of ketones is 1. The van der Waals surface area contributed by atoms with Gasteiger partial charge in [-0.1, -0.05) is 83.1 Å². The van der Waals surface area contributed by atoms with Crippen LogP contribution in [0.1, 0.15) is 316 Å². The zero-order chi connectivity index (χ0) is 61.8. The third kappa shape index (κ3) is 12.1. The van der Waals surface area contributed by atoms with Gasteiger partial charge in [-0.3, -0.25) is 4.79 Å². The predicted octanol–water partition coefficient (Wildman–Crippen LogP) is 15.5. The van der Waals surface area contributed by atoms with Crippen molar-refractivity contribution in [1.29, 1.82) is 0 Å². The number of Topliss-reactive ketones (excluding diaryl/α,β-unsaturated/α-hetero) is 1. The van der Waals surface area contributed by atoms with Crippen LogP contribution in [-0.2, 0) is 4.79 Å². The molecule has 0 aromatic rings. The fourth-order valence-corrected chi connectivity index (χ4v) is 28.7. The monoisotopic (exact) mass is 1240 g/mol. The Morgan fingerprint density at radius 1 is 0.382 bits per heavy atom. The molecule has 3 radical (unpaired) electrons. The molecule has 0 aromatic heterocycles. The molecule has 0 saturated heterocycles. The number of carbonyl (C=O) groups excluding carboxylic acids is 1. The van der Waals surface area contributed by atoms with E-state index in [4.69, 9.17) is 0 Å². The second-order valence-corrected chi connectivity index (χ2v) is 38.3. The Hall–Kier alpha value is 0.535. The summed E-state index contributed by atoms with van der Waals surface area (Å²) in [5.41, 5.74) is 1.52. The molecule has 0 amide bonds. The number of carbonyl (C=O) groups is 1. The summed E-state index contributed by atoms with van der Waals surface area (Å²) in [5, 5.41) is 54.8. The van der Waals surface area contributed by atoms with E-state index in [9.17, 15) is 30.3 Å². The maximum atomic E-state index is 12.9. The Morgan fingerprint density at radius 3 is 0.966 bits per heavy atom. The Balaban J connectivity index is 0.000000146.